The fourth-order valence-corrected chi connectivity index (χ4v) is 5.98. The third-order valence-electron chi connectivity index (χ3n) is 8.17. The molecule has 0 aromatic heterocycles. The number of likely N-dealkylation sites (N-methyl/N-ethyl adjacent to an activating group) is 1. The number of piperazine rings is 1. The Morgan fingerprint density at radius 1 is 0.949 bits per heavy atom. The van der Waals surface area contributed by atoms with Gasteiger partial charge in [-0.05, 0) is 41.5 Å². The molecule has 0 aliphatic carbocycles. The number of fused-ring (bicyclic) bond motifs is 1. The van der Waals surface area contributed by atoms with Gasteiger partial charge >= 0.3 is 0 Å². The Hall–Kier alpha value is -3.68. The van der Waals surface area contributed by atoms with Gasteiger partial charge in [0.2, 0.25) is 0 Å². The second kappa shape index (κ2) is 10.8. The fourth-order valence-electron chi connectivity index (χ4n) is 5.98. The van der Waals surface area contributed by atoms with Crippen LogP contribution in [-0.2, 0) is 10.2 Å². The van der Waals surface area contributed by atoms with Crippen LogP contribution >= 0.6 is 0 Å². The van der Waals surface area contributed by atoms with Crippen LogP contribution in [0.5, 0.6) is 5.75 Å². The van der Waals surface area contributed by atoms with Gasteiger partial charge in [0.15, 0.2) is 5.78 Å². The zero-order valence-electron chi connectivity index (χ0n) is 23.0. The predicted molar refractivity (Wildman–Crippen MR) is 153 cm³/mol. The lowest BCUT2D eigenvalue weighted by Gasteiger charge is -2.41. The first kappa shape index (κ1) is 26.9. The monoisotopic (exact) mass is 529 g/mol. The molecule has 0 amide bonds. The number of para-hydroxylation sites is 2. The van der Waals surface area contributed by atoms with Crippen LogP contribution in [0.15, 0.2) is 84.6 Å². The van der Waals surface area contributed by atoms with E-state index in [0.717, 1.165) is 22.5 Å². The highest BCUT2D eigenvalue weighted by molar-refractivity contribution is 5.96. The van der Waals surface area contributed by atoms with Crippen molar-refractivity contribution in [2.24, 2.45) is 0 Å². The molecule has 0 radical (unpaired) electrons. The minimum absolute atomic E-state index is 0.246. The molecular formula is C32H36FN3O3. The highest BCUT2D eigenvalue weighted by Gasteiger charge is 2.40. The Balaban J connectivity index is 1.42. The van der Waals surface area contributed by atoms with Crippen molar-refractivity contribution in [1.82, 2.24) is 4.90 Å². The van der Waals surface area contributed by atoms with Crippen molar-refractivity contribution in [1.29, 1.82) is 0 Å². The lowest BCUT2D eigenvalue weighted by Crippen LogP contribution is -2.51. The van der Waals surface area contributed by atoms with Crippen LogP contribution in [0.2, 0.25) is 0 Å². The Labute approximate surface area is 229 Å². The number of aliphatic hydroxyl groups excluding tert-OH is 1. The van der Waals surface area contributed by atoms with E-state index in [1.807, 2.05) is 65.4 Å². The second-order valence-electron chi connectivity index (χ2n) is 10.8. The van der Waals surface area contributed by atoms with Crippen LogP contribution in [0, 0.1) is 5.82 Å². The maximum Gasteiger partial charge on any atom is 0.187 e. The molecule has 204 valence electrons. The molecule has 5 rings (SSSR count). The maximum atomic E-state index is 14.4. The number of carbonyl (C=O) groups is 1. The number of aliphatic hydroxyl groups is 1. The third-order valence-corrected chi connectivity index (χ3v) is 8.17. The van der Waals surface area contributed by atoms with E-state index in [2.05, 4.69) is 24.8 Å². The molecular weight excluding hydrogens is 493 g/mol. The number of ether oxygens (including phenoxy) is 1. The molecule has 1 N–H and O–H groups in total. The zero-order chi connectivity index (χ0) is 27.7. The van der Waals surface area contributed by atoms with E-state index in [0.29, 0.717) is 37.6 Å². The number of ketones is 1. The lowest BCUT2D eigenvalue weighted by molar-refractivity contribution is -0.126. The minimum atomic E-state index is -1.28. The van der Waals surface area contributed by atoms with E-state index >= 15 is 0 Å². The van der Waals surface area contributed by atoms with Crippen molar-refractivity contribution in [3.8, 4) is 5.75 Å². The third kappa shape index (κ3) is 5.04. The largest absolute Gasteiger partial charge is 0.497 e. The average molecular weight is 530 g/mol. The zero-order valence-corrected chi connectivity index (χ0v) is 23.0. The lowest BCUT2D eigenvalue weighted by atomic mass is 9.83. The SMILES string of the molecule is COc1ccc(C(C(O)C(=O)C=C2N(C)c3ccccc3C2(C)C)N2CCN(c3ccccc3F)CC2)cc1. The summed E-state index contributed by atoms with van der Waals surface area (Å²) in [6.07, 6.45) is 0.329. The Morgan fingerprint density at radius 3 is 2.18 bits per heavy atom. The van der Waals surface area contributed by atoms with E-state index in [-0.39, 0.29) is 17.0 Å². The molecule has 3 aromatic rings. The van der Waals surface area contributed by atoms with Crippen LogP contribution < -0.4 is 14.5 Å². The van der Waals surface area contributed by atoms with Crippen molar-refractivity contribution in [2.45, 2.75) is 31.4 Å². The van der Waals surface area contributed by atoms with Gasteiger partial charge in [-0.25, -0.2) is 4.39 Å². The molecule has 3 aromatic carbocycles. The first-order chi connectivity index (χ1) is 18.7. The van der Waals surface area contributed by atoms with Gasteiger partial charge in [-0.1, -0.05) is 56.3 Å². The average Bonchev–Trinajstić information content (AvgIpc) is 3.14. The number of nitrogens with zero attached hydrogens (tertiary/aromatic N) is 3. The summed E-state index contributed by atoms with van der Waals surface area (Å²) in [5.41, 5.74) is 4.10. The number of methoxy groups -OCH3 is 1. The van der Waals surface area contributed by atoms with Gasteiger partial charge in [-0.2, -0.15) is 0 Å². The van der Waals surface area contributed by atoms with Crippen molar-refractivity contribution < 1.29 is 19.0 Å². The van der Waals surface area contributed by atoms with E-state index in [4.69, 9.17) is 4.74 Å². The predicted octanol–water partition coefficient (Wildman–Crippen LogP) is 4.94. The summed E-state index contributed by atoms with van der Waals surface area (Å²) < 4.78 is 19.8. The van der Waals surface area contributed by atoms with Gasteiger partial charge in [-0.15, -0.1) is 0 Å². The summed E-state index contributed by atoms with van der Waals surface area (Å²) in [7, 11) is 3.57. The number of hydrogen-bond acceptors (Lipinski definition) is 6. The Bertz CT molecular complexity index is 1360. The summed E-state index contributed by atoms with van der Waals surface area (Å²) in [5, 5.41) is 11.6. The summed E-state index contributed by atoms with van der Waals surface area (Å²) in [5.74, 6) is 0.121. The Morgan fingerprint density at radius 2 is 1.56 bits per heavy atom. The van der Waals surface area contributed by atoms with Crippen molar-refractivity contribution >= 4 is 17.2 Å². The van der Waals surface area contributed by atoms with E-state index in [1.54, 1.807) is 25.3 Å². The van der Waals surface area contributed by atoms with Gasteiger partial charge in [0.05, 0.1) is 18.8 Å². The van der Waals surface area contributed by atoms with Gasteiger partial charge in [0.1, 0.15) is 17.7 Å². The summed E-state index contributed by atoms with van der Waals surface area (Å²) in [4.78, 5) is 19.9. The van der Waals surface area contributed by atoms with Gasteiger partial charge in [0, 0.05) is 56.1 Å². The van der Waals surface area contributed by atoms with E-state index < -0.39 is 12.1 Å². The summed E-state index contributed by atoms with van der Waals surface area (Å²) >= 11 is 0. The highest BCUT2D eigenvalue weighted by atomic mass is 19.1. The van der Waals surface area contributed by atoms with Crippen molar-refractivity contribution in [2.75, 3.05) is 50.1 Å². The number of carbonyl (C=O) groups excluding carboxylic acids is 1. The molecule has 0 spiro atoms. The van der Waals surface area contributed by atoms with Gasteiger partial charge in [-0.3, -0.25) is 9.69 Å². The van der Waals surface area contributed by atoms with Crippen LogP contribution in [0.25, 0.3) is 0 Å². The standard InChI is InChI=1S/C32H36FN3O3/c1-32(2)24-9-5-7-11-26(24)34(3)29(32)21-28(37)31(38)30(22-13-15-23(39-4)16-14-22)36-19-17-35(18-20-36)27-12-8-6-10-25(27)33/h5-16,21,30-31,38H,17-20H2,1-4H3. The number of allylic oxidation sites excluding steroid dienone is 1. The molecule has 2 atom stereocenters. The molecule has 6 nitrogen and oxygen atoms in total. The quantitative estimate of drug-likeness (QED) is 0.438. The smallest absolute Gasteiger partial charge is 0.187 e. The first-order valence-corrected chi connectivity index (χ1v) is 13.4. The van der Waals surface area contributed by atoms with E-state index in [9.17, 15) is 14.3 Å². The van der Waals surface area contributed by atoms with Crippen LogP contribution in [0.1, 0.15) is 31.0 Å². The molecule has 2 unspecified atom stereocenters. The minimum Gasteiger partial charge on any atom is -0.497 e. The molecule has 0 saturated carbocycles. The molecule has 2 aliphatic rings. The molecule has 2 heterocycles. The molecule has 0 bridgehead atoms. The highest BCUT2D eigenvalue weighted by Crippen LogP contribution is 2.46. The topological polar surface area (TPSA) is 56.3 Å². The van der Waals surface area contributed by atoms with Crippen molar-refractivity contribution in [3.63, 3.8) is 0 Å². The Kier molecular flexibility index (Phi) is 7.47. The maximum absolute atomic E-state index is 14.4. The first-order valence-electron chi connectivity index (χ1n) is 13.4. The van der Waals surface area contributed by atoms with Crippen LogP contribution in [-0.4, -0.2) is 62.2 Å². The normalized spacial score (nSPS) is 19.6. The van der Waals surface area contributed by atoms with E-state index in [1.165, 1.54) is 6.07 Å². The molecule has 1 fully saturated rings. The van der Waals surface area contributed by atoms with Crippen LogP contribution in [0.4, 0.5) is 15.8 Å². The second-order valence-corrected chi connectivity index (χ2v) is 10.8. The number of hydrogen-bond donors (Lipinski definition) is 1. The number of benzene rings is 3. The van der Waals surface area contributed by atoms with Crippen molar-refractivity contribution in [3.05, 3.63) is 102 Å². The fraction of sp³-hybridized carbons (Fsp3) is 0.344. The molecule has 39 heavy (non-hydrogen) atoms. The summed E-state index contributed by atoms with van der Waals surface area (Å²) in [6, 6.07) is 21.9. The number of rotatable bonds is 7. The number of anilines is 2. The van der Waals surface area contributed by atoms with Crippen LogP contribution in [0.3, 0.4) is 0 Å². The van der Waals surface area contributed by atoms with Gasteiger partial charge in [0.25, 0.3) is 0 Å². The molecule has 1 saturated heterocycles. The summed E-state index contributed by atoms with van der Waals surface area (Å²) in [6.45, 7) is 6.51. The van der Waals surface area contributed by atoms with Gasteiger partial charge < -0.3 is 19.6 Å². The molecule has 7 heteroatoms. The molecule has 2 aliphatic heterocycles. The number of halogens is 1.